The van der Waals surface area contributed by atoms with E-state index in [0.717, 1.165) is 0 Å². The van der Waals surface area contributed by atoms with E-state index in [1.54, 1.807) is 30.6 Å². The Labute approximate surface area is 134 Å². The summed E-state index contributed by atoms with van der Waals surface area (Å²) in [5.74, 6) is 0. The molecule has 0 radical (unpaired) electrons. The second kappa shape index (κ2) is 6.03. The van der Waals surface area contributed by atoms with Gasteiger partial charge >= 0.3 is 110 Å². The quantitative estimate of drug-likeness (QED) is 0.473. The first-order chi connectivity index (χ1) is 8.03. The predicted octanol–water partition coefficient (Wildman–Crippen LogP) is -0.753. The molecule has 2 aliphatic carbocycles. The molecule has 1 heterocycles. The predicted molar refractivity (Wildman–Crippen MR) is 71.8 cm³/mol. The van der Waals surface area contributed by atoms with Gasteiger partial charge in [0.25, 0.3) is 0 Å². The molecule has 0 spiro atoms. The van der Waals surface area contributed by atoms with Gasteiger partial charge in [-0.15, -0.1) is 0 Å². The summed E-state index contributed by atoms with van der Waals surface area (Å²) >= 11 is -2.11. The van der Waals surface area contributed by atoms with Crippen molar-refractivity contribution >= 4 is 0 Å². The largest absolute Gasteiger partial charge is 1.00 e. The number of hydrogen-bond donors (Lipinski definition) is 0. The van der Waals surface area contributed by atoms with Gasteiger partial charge in [0.05, 0.1) is 0 Å². The zero-order chi connectivity index (χ0) is 12.2. The van der Waals surface area contributed by atoms with Crippen LogP contribution >= 0.6 is 0 Å². The van der Waals surface area contributed by atoms with Crippen LogP contribution in [0.3, 0.4) is 0 Å². The minimum absolute atomic E-state index is 0. The molecule has 0 saturated carbocycles. The van der Waals surface area contributed by atoms with Gasteiger partial charge in [-0.3, -0.25) is 0 Å². The SMILES string of the molecule is CC1=CC(C)=[C]([Hf+2]2([C]3=C(C)C=C(C)C3)[CH2][CH2]2)C1.[Cl-].[Cl-]. The van der Waals surface area contributed by atoms with Crippen LogP contribution < -0.4 is 24.8 Å². The van der Waals surface area contributed by atoms with Crippen LogP contribution in [-0.2, 0) is 20.0 Å². The second-order valence-electron chi connectivity index (χ2n) is 6.24. The van der Waals surface area contributed by atoms with E-state index in [1.807, 2.05) is 6.66 Å². The van der Waals surface area contributed by atoms with Crippen LogP contribution in [0, 0.1) is 0 Å². The zero-order valence-electron chi connectivity index (χ0n) is 12.2. The minimum atomic E-state index is -2.11. The summed E-state index contributed by atoms with van der Waals surface area (Å²) in [4.78, 5) is 0. The standard InChI is InChI=1S/2C7H9.C2H4.2ClH.Hf/c2*1-6-3-4-7(2)5-6;1-2;;;/h2*5H,3H2,1-2H3;1-2H2;2*1H;/q;;;;;+2/p-2. The van der Waals surface area contributed by atoms with Crippen molar-refractivity contribution in [1.29, 1.82) is 0 Å². The van der Waals surface area contributed by atoms with Crippen molar-refractivity contribution in [2.24, 2.45) is 0 Å². The summed E-state index contributed by atoms with van der Waals surface area (Å²) in [6, 6.07) is 0. The van der Waals surface area contributed by atoms with Crippen molar-refractivity contribution in [2.45, 2.75) is 48.9 Å². The Morgan fingerprint density at radius 1 is 0.737 bits per heavy atom. The Morgan fingerprint density at radius 2 is 1.11 bits per heavy atom. The molecule has 0 N–H and O–H groups in total. The van der Waals surface area contributed by atoms with Crippen LogP contribution in [0.4, 0.5) is 0 Å². The molecule has 0 nitrogen and oxygen atoms in total. The van der Waals surface area contributed by atoms with Gasteiger partial charge in [-0.2, -0.15) is 0 Å². The number of hydrogen-bond acceptors (Lipinski definition) is 0. The molecular formula is C16H22Cl2Hf. The van der Waals surface area contributed by atoms with E-state index in [1.165, 1.54) is 12.8 Å². The molecule has 0 aromatic rings. The summed E-state index contributed by atoms with van der Waals surface area (Å²) in [6.07, 6.45) is 7.54. The van der Waals surface area contributed by atoms with Crippen molar-refractivity contribution in [3.63, 3.8) is 0 Å². The molecule has 0 amide bonds. The van der Waals surface area contributed by atoms with E-state index in [9.17, 15) is 0 Å². The van der Waals surface area contributed by atoms with Crippen LogP contribution in [0.5, 0.6) is 0 Å². The van der Waals surface area contributed by atoms with Crippen molar-refractivity contribution in [3.8, 4) is 0 Å². The van der Waals surface area contributed by atoms with Gasteiger partial charge in [-0.1, -0.05) is 0 Å². The summed E-state index contributed by atoms with van der Waals surface area (Å²) in [6.45, 7) is 9.33. The average molecular weight is 464 g/mol. The van der Waals surface area contributed by atoms with Gasteiger partial charge in [0.2, 0.25) is 0 Å². The van der Waals surface area contributed by atoms with E-state index < -0.39 is 20.0 Å². The maximum Gasteiger partial charge on any atom is -1.00 e. The molecule has 1 saturated heterocycles. The number of rotatable bonds is 2. The maximum atomic E-state index is 2.44. The number of halogens is 2. The fourth-order valence-corrected chi connectivity index (χ4v) is 28.1. The normalized spacial score (nSPS) is 22.1. The molecule has 0 unspecified atom stereocenters. The Hall–Kier alpha value is 0.410. The first kappa shape index (κ1) is 17.5. The maximum absolute atomic E-state index is 2.44. The van der Waals surface area contributed by atoms with E-state index in [0.29, 0.717) is 0 Å². The molecule has 19 heavy (non-hydrogen) atoms. The summed E-state index contributed by atoms with van der Waals surface area (Å²) in [5.41, 5.74) is 6.49. The monoisotopic (exact) mass is 464 g/mol. The van der Waals surface area contributed by atoms with Crippen molar-refractivity contribution in [3.05, 3.63) is 41.1 Å². The van der Waals surface area contributed by atoms with E-state index in [4.69, 9.17) is 0 Å². The van der Waals surface area contributed by atoms with Crippen LogP contribution in [0.2, 0.25) is 8.35 Å². The molecule has 0 aromatic heterocycles. The van der Waals surface area contributed by atoms with Crippen molar-refractivity contribution in [1.82, 2.24) is 0 Å². The summed E-state index contributed by atoms with van der Waals surface area (Å²) < 4.78 is 7.11. The van der Waals surface area contributed by atoms with Crippen LogP contribution in [0.15, 0.2) is 41.1 Å². The topological polar surface area (TPSA) is 0 Å². The first-order valence-electron chi connectivity index (χ1n) is 6.78. The molecule has 0 bridgehead atoms. The third-order valence-corrected chi connectivity index (χ3v) is 22.5. The Balaban J connectivity index is 0.000000902. The van der Waals surface area contributed by atoms with Gasteiger partial charge in [0, 0.05) is 0 Å². The van der Waals surface area contributed by atoms with Crippen LogP contribution in [0.1, 0.15) is 40.5 Å². The van der Waals surface area contributed by atoms with Gasteiger partial charge in [0.15, 0.2) is 0 Å². The van der Waals surface area contributed by atoms with Crippen LogP contribution in [0.25, 0.3) is 0 Å². The Morgan fingerprint density at radius 3 is 1.32 bits per heavy atom. The molecule has 104 valence electrons. The molecule has 1 aliphatic heterocycles. The van der Waals surface area contributed by atoms with E-state index in [2.05, 4.69) is 39.8 Å². The molecule has 0 aromatic carbocycles. The van der Waals surface area contributed by atoms with Crippen molar-refractivity contribution < 1.29 is 44.8 Å². The average Bonchev–Trinajstić information content (AvgIpc) is 2.86. The molecule has 3 aliphatic rings. The molecule has 1 fully saturated rings. The molecule has 3 heteroatoms. The minimum Gasteiger partial charge on any atom is -1.00 e. The smallest absolute Gasteiger partial charge is 1.00 e. The number of allylic oxidation sites excluding steroid dienone is 8. The Bertz CT molecular complexity index is 473. The third kappa shape index (κ3) is 2.89. The van der Waals surface area contributed by atoms with Crippen molar-refractivity contribution in [2.75, 3.05) is 0 Å². The fraction of sp³-hybridized carbons (Fsp3) is 0.500. The molecular weight excluding hydrogens is 442 g/mol. The van der Waals surface area contributed by atoms with Crippen LogP contribution in [-0.4, -0.2) is 0 Å². The van der Waals surface area contributed by atoms with Gasteiger partial charge < -0.3 is 24.8 Å². The van der Waals surface area contributed by atoms with Gasteiger partial charge in [-0.25, -0.2) is 0 Å². The van der Waals surface area contributed by atoms with E-state index >= 15 is 0 Å². The second-order valence-corrected chi connectivity index (χ2v) is 21.9. The molecule has 3 rings (SSSR count). The van der Waals surface area contributed by atoms with E-state index in [-0.39, 0.29) is 24.8 Å². The molecule has 0 atom stereocenters. The summed E-state index contributed by atoms with van der Waals surface area (Å²) in [7, 11) is 0. The Kier molecular flexibility index (Phi) is 5.55. The van der Waals surface area contributed by atoms with Gasteiger partial charge in [0.1, 0.15) is 0 Å². The summed E-state index contributed by atoms with van der Waals surface area (Å²) in [5, 5.41) is 0. The third-order valence-electron chi connectivity index (χ3n) is 4.69. The fourth-order valence-electron chi connectivity index (χ4n) is 3.86. The first-order valence-corrected chi connectivity index (χ1v) is 15.4. The van der Waals surface area contributed by atoms with Gasteiger partial charge in [-0.05, 0) is 0 Å². The zero-order valence-corrected chi connectivity index (χ0v) is 17.3.